The van der Waals surface area contributed by atoms with Gasteiger partial charge >= 0.3 is 0 Å². The fraction of sp³-hybridized carbons (Fsp3) is 0.389. The Morgan fingerprint density at radius 1 is 1.43 bits per heavy atom. The highest BCUT2D eigenvalue weighted by Crippen LogP contribution is 2.47. The Kier molecular flexibility index (Phi) is 3.19. The number of aromatic amines is 1. The van der Waals surface area contributed by atoms with E-state index in [9.17, 15) is 4.79 Å². The lowest BCUT2D eigenvalue weighted by Gasteiger charge is -2.52. The highest BCUT2D eigenvalue weighted by Gasteiger charge is 2.46. The van der Waals surface area contributed by atoms with Crippen LogP contribution in [0.3, 0.4) is 0 Å². The van der Waals surface area contributed by atoms with E-state index < -0.39 is 0 Å². The van der Waals surface area contributed by atoms with Crippen molar-refractivity contribution in [2.24, 2.45) is 0 Å². The van der Waals surface area contributed by atoms with Gasteiger partial charge in [-0.15, -0.1) is 0 Å². The van der Waals surface area contributed by atoms with Gasteiger partial charge in [0.2, 0.25) is 5.91 Å². The Balaban J connectivity index is 1.71. The predicted molar refractivity (Wildman–Crippen MR) is 87.2 cm³/mol. The van der Waals surface area contributed by atoms with Crippen LogP contribution < -0.4 is 0 Å². The summed E-state index contributed by atoms with van der Waals surface area (Å²) in [4.78, 5) is 21.7. The Labute approximate surface area is 134 Å². The van der Waals surface area contributed by atoms with Crippen molar-refractivity contribution in [3.8, 4) is 6.07 Å². The Morgan fingerprint density at radius 3 is 3.04 bits per heavy atom. The third-order valence-corrected chi connectivity index (χ3v) is 5.23. The van der Waals surface area contributed by atoms with Crippen molar-refractivity contribution >= 4 is 22.5 Å². The monoisotopic (exact) mass is 306 g/mol. The first-order chi connectivity index (χ1) is 11.2. The molecule has 3 heterocycles. The molecule has 1 fully saturated rings. The molecule has 5 nitrogen and oxygen atoms in total. The number of hydrogen-bond acceptors (Lipinski definition) is 3. The van der Waals surface area contributed by atoms with Gasteiger partial charge in [-0.1, -0.05) is 6.08 Å². The van der Waals surface area contributed by atoms with E-state index in [1.165, 1.54) is 11.1 Å². The van der Waals surface area contributed by atoms with Gasteiger partial charge in [-0.25, -0.2) is 4.98 Å². The van der Waals surface area contributed by atoms with Crippen LogP contribution in [-0.4, -0.2) is 32.9 Å². The molecule has 1 N–H and O–H groups in total. The first-order valence-corrected chi connectivity index (χ1v) is 8.02. The molecule has 23 heavy (non-hydrogen) atoms. The molecule has 1 amide bonds. The van der Waals surface area contributed by atoms with Crippen LogP contribution in [0, 0.1) is 11.3 Å². The highest BCUT2D eigenvalue weighted by atomic mass is 16.2. The van der Waals surface area contributed by atoms with Gasteiger partial charge in [0.15, 0.2) is 0 Å². The van der Waals surface area contributed by atoms with E-state index in [4.69, 9.17) is 5.26 Å². The van der Waals surface area contributed by atoms with Crippen molar-refractivity contribution in [2.45, 2.75) is 37.6 Å². The van der Waals surface area contributed by atoms with Gasteiger partial charge in [0, 0.05) is 29.9 Å². The molecule has 1 aliphatic heterocycles. The van der Waals surface area contributed by atoms with Crippen molar-refractivity contribution in [3.63, 3.8) is 0 Å². The van der Waals surface area contributed by atoms with E-state index in [-0.39, 0.29) is 17.9 Å². The molecule has 0 unspecified atom stereocenters. The fourth-order valence-corrected chi connectivity index (χ4v) is 3.92. The summed E-state index contributed by atoms with van der Waals surface area (Å²) in [6.07, 6.45) is 9.94. The van der Waals surface area contributed by atoms with Crippen LogP contribution in [0.15, 0.2) is 30.6 Å². The van der Waals surface area contributed by atoms with E-state index in [1.807, 2.05) is 23.4 Å². The van der Waals surface area contributed by atoms with Crippen molar-refractivity contribution in [1.82, 2.24) is 14.9 Å². The van der Waals surface area contributed by atoms with Crippen LogP contribution in [0.2, 0.25) is 0 Å². The number of rotatable bonds is 2. The molecule has 0 aromatic carbocycles. The van der Waals surface area contributed by atoms with E-state index in [2.05, 4.69) is 28.2 Å². The number of hydrogen-bond donors (Lipinski definition) is 1. The van der Waals surface area contributed by atoms with Crippen LogP contribution in [-0.2, 0) is 4.79 Å². The average molecular weight is 306 g/mol. The molecule has 1 saturated carbocycles. The maximum Gasteiger partial charge on any atom is 0.237 e. The smallest absolute Gasteiger partial charge is 0.237 e. The predicted octanol–water partition coefficient (Wildman–Crippen LogP) is 3.01. The average Bonchev–Trinajstić information content (AvgIpc) is 3.01. The number of nitrogens with zero attached hydrogens (tertiary/aromatic N) is 3. The van der Waals surface area contributed by atoms with Gasteiger partial charge in [0.05, 0.1) is 6.07 Å². The molecule has 5 heteroatoms. The normalized spacial score (nSPS) is 19.3. The minimum Gasteiger partial charge on any atom is -0.346 e. The lowest BCUT2D eigenvalue weighted by atomic mass is 9.68. The number of pyridine rings is 1. The molecule has 1 aliphatic carbocycles. The summed E-state index contributed by atoms with van der Waals surface area (Å²) in [6, 6.07) is 6.10. The summed E-state index contributed by atoms with van der Waals surface area (Å²) in [5.41, 5.74) is 3.31. The first kappa shape index (κ1) is 14.0. The molecule has 4 rings (SSSR count). The van der Waals surface area contributed by atoms with Crippen molar-refractivity contribution in [3.05, 3.63) is 36.2 Å². The molecule has 1 spiro atoms. The third-order valence-electron chi connectivity index (χ3n) is 5.23. The second-order valence-electron chi connectivity index (χ2n) is 6.42. The standard InChI is InChI=1S/C18H18N4O/c19-8-2-16(23)22-11-5-13(12-18(22)6-1-7-18)14-3-9-20-17-15(14)4-10-21-17/h3-5,9-10H,1-2,6-7,11-12H2,(H,20,21). The molecule has 2 aliphatic rings. The second-order valence-corrected chi connectivity index (χ2v) is 6.42. The molecule has 2 aromatic heterocycles. The van der Waals surface area contributed by atoms with E-state index in [1.54, 1.807) is 0 Å². The number of H-pyrrole nitrogens is 1. The number of carbonyl (C=O) groups excluding carboxylic acids is 1. The Hall–Kier alpha value is -2.61. The number of carbonyl (C=O) groups is 1. The van der Waals surface area contributed by atoms with Crippen LogP contribution >= 0.6 is 0 Å². The summed E-state index contributed by atoms with van der Waals surface area (Å²) < 4.78 is 0. The van der Waals surface area contributed by atoms with Gasteiger partial charge < -0.3 is 9.88 Å². The molecular formula is C18H18N4O. The number of nitrogens with one attached hydrogen (secondary N) is 1. The van der Waals surface area contributed by atoms with Crippen molar-refractivity contribution < 1.29 is 4.79 Å². The molecule has 116 valence electrons. The molecular weight excluding hydrogens is 288 g/mol. The quantitative estimate of drug-likeness (QED) is 0.927. The van der Waals surface area contributed by atoms with E-state index in [0.29, 0.717) is 6.54 Å². The number of aromatic nitrogens is 2. The second kappa shape index (κ2) is 5.24. The highest BCUT2D eigenvalue weighted by molar-refractivity contribution is 5.91. The summed E-state index contributed by atoms with van der Waals surface area (Å²) in [5, 5.41) is 9.96. The number of fused-ring (bicyclic) bond motifs is 1. The SMILES string of the molecule is N#CCC(=O)N1CC=C(c2ccnc3[nH]ccc23)CC12CCC2. The number of amides is 1. The molecule has 0 radical (unpaired) electrons. The summed E-state index contributed by atoms with van der Waals surface area (Å²) in [7, 11) is 0. The van der Waals surface area contributed by atoms with Gasteiger partial charge in [-0.2, -0.15) is 5.26 Å². The van der Waals surface area contributed by atoms with Crippen molar-refractivity contribution in [1.29, 1.82) is 5.26 Å². The van der Waals surface area contributed by atoms with Crippen molar-refractivity contribution in [2.75, 3.05) is 6.54 Å². The van der Waals surface area contributed by atoms with E-state index in [0.717, 1.165) is 36.7 Å². The zero-order valence-electron chi connectivity index (χ0n) is 12.9. The minimum atomic E-state index is -0.0794. The van der Waals surface area contributed by atoms with Gasteiger partial charge in [-0.05, 0) is 49.0 Å². The molecule has 2 aromatic rings. The lowest BCUT2D eigenvalue weighted by molar-refractivity contribution is -0.139. The van der Waals surface area contributed by atoms with Crippen LogP contribution in [0.4, 0.5) is 0 Å². The first-order valence-electron chi connectivity index (χ1n) is 8.02. The maximum absolute atomic E-state index is 12.3. The van der Waals surface area contributed by atoms with Gasteiger partial charge in [0.25, 0.3) is 0 Å². The summed E-state index contributed by atoms with van der Waals surface area (Å²) in [6.45, 7) is 0.601. The minimum absolute atomic E-state index is 0.0256. The maximum atomic E-state index is 12.3. The summed E-state index contributed by atoms with van der Waals surface area (Å²) in [5.74, 6) is -0.0379. The topological polar surface area (TPSA) is 72.8 Å². The van der Waals surface area contributed by atoms with Gasteiger partial charge in [0.1, 0.15) is 12.1 Å². The third kappa shape index (κ3) is 2.14. The number of nitriles is 1. The Morgan fingerprint density at radius 2 is 2.30 bits per heavy atom. The van der Waals surface area contributed by atoms with Crippen LogP contribution in [0.25, 0.3) is 16.6 Å². The largest absolute Gasteiger partial charge is 0.346 e. The summed E-state index contributed by atoms with van der Waals surface area (Å²) >= 11 is 0. The molecule has 0 bridgehead atoms. The van der Waals surface area contributed by atoms with Crippen LogP contribution in [0.5, 0.6) is 0 Å². The lowest BCUT2D eigenvalue weighted by Crippen LogP contribution is -2.57. The Bertz CT molecular complexity index is 838. The van der Waals surface area contributed by atoms with E-state index >= 15 is 0 Å². The molecule has 0 atom stereocenters. The zero-order valence-corrected chi connectivity index (χ0v) is 12.9. The van der Waals surface area contributed by atoms with Crippen LogP contribution in [0.1, 0.15) is 37.7 Å². The van der Waals surface area contributed by atoms with Gasteiger partial charge in [-0.3, -0.25) is 4.79 Å². The zero-order chi connectivity index (χ0) is 15.9. The fourth-order valence-electron chi connectivity index (χ4n) is 3.92. The molecule has 0 saturated heterocycles.